The number of rotatable bonds is 7. The van der Waals surface area contributed by atoms with Crippen molar-refractivity contribution in [2.45, 2.75) is 52.6 Å². The van der Waals surface area contributed by atoms with Crippen LogP contribution in [-0.4, -0.2) is 17.2 Å². The van der Waals surface area contributed by atoms with Gasteiger partial charge in [-0.1, -0.05) is 18.6 Å². The van der Waals surface area contributed by atoms with Crippen LogP contribution in [0.5, 0.6) is 0 Å². The van der Waals surface area contributed by atoms with Gasteiger partial charge in [-0.2, -0.15) is 0 Å². The summed E-state index contributed by atoms with van der Waals surface area (Å²) in [6.07, 6.45) is 3.22. The number of hydrogen-bond acceptors (Lipinski definition) is 1. The average Bonchev–Trinajstić information content (AvgIpc) is 2.13. The van der Waals surface area contributed by atoms with Crippen molar-refractivity contribution in [1.82, 2.24) is 0 Å². The summed E-state index contributed by atoms with van der Waals surface area (Å²) in [6.45, 7) is 6.13. The molecule has 0 aromatic carbocycles. The van der Waals surface area contributed by atoms with E-state index in [1.807, 2.05) is 20.8 Å². The van der Waals surface area contributed by atoms with Crippen LogP contribution >= 0.6 is 0 Å². The number of carboxylic acid groups (broad SMARTS) is 1. The first-order chi connectivity index (χ1) is 6.93. The number of alkyl halides is 1. The lowest BCUT2D eigenvalue weighted by molar-refractivity contribution is -0.143. The lowest BCUT2D eigenvalue weighted by Crippen LogP contribution is -2.15. The van der Waals surface area contributed by atoms with Gasteiger partial charge >= 0.3 is 5.97 Å². The zero-order valence-electron chi connectivity index (χ0n) is 9.79. The Bertz CT molecular complexity index is 220. The highest BCUT2D eigenvalue weighted by molar-refractivity contribution is 5.71. The number of halogens is 1. The van der Waals surface area contributed by atoms with E-state index in [1.54, 1.807) is 0 Å². The maximum atomic E-state index is 12.7. The molecule has 0 bridgehead atoms. The van der Waals surface area contributed by atoms with Crippen LogP contribution in [-0.2, 0) is 4.79 Å². The van der Waals surface area contributed by atoms with E-state index >= 15 is 0 Å². The SMILES string of the molecule is CC(C)=CCCC(C)CCC(F)C(=O)O. The number of carbonyl (C=O) groups is 1. The molecule has 0 saturated heterocycles. The van der Waals surface area contributed by atoms with Crippen molar-refractivity contribution < 1.29 is 14.3 Å². The first kappa shape index (κ1) is 14.1. The summed E-state index contributed by atoms with van der Waals surface area (Å²) < 4.78 is 12.7. The fraction of sp³-hybridized carbons (Fsp3) is 0.750. The molecule has 0 amide bonds. The summed E-state index contributed by atoms with van der Waals surface area (Å²) >= 11 is 0. The smallest absolute Gasteiger partial charge is 0.338 e. The van der Waals surface area contributed by atoms with E-state index in [9.17, 15) is 9.18 Å². The molecule has 0 aliphatic rings. The van der Waals surface area contributed by atoms with Gasteiger partial charge in [0, 0.05) is 0 Å². The highest BCUT2D eigenvalue weighted by atomic mass is 19.1. The zero-order chi connectivity index (χ0) is 11.8. The summed E-state index contributed by atoms with van der Waals surface area (Å²) in [7, 11) is 0. The summed E-state index contributed by atoms with van der Waals surface area (Å²) in [5.41, 5.74) is 1.29. The Morgan fingerprint density at radius 1 is 1.33 bits per heavy atom. The summed E-state index contributed by atoms with van der Waals surface area (Å²) in [6, 6.07) is 0. The molecular formula is C12H21FO2. The molecule has 0 aliphatic carbocycles. The minimum absolute atomic E-state index is 0.130. The number of hydrogen-bond donors (Lipinski definition) is 1. The molecule has 0 aromatic heterocycles. The molecule has 0 aromatic rings. The molecule has 3 heteroatoms. The lowest BCUT2D eigenvalue weighted by atomic mass is 9.98. The van der Waals surface area contributed by atoms with Gasteiger partial charge in [0.25, 0.3) is 0 Å². The first-order valence-corrected chi connectivity index (χ1v) is 5.43. The molecule has 2 unspecified atom stereocenters. The zero-order valence-corrected chi connectivity index (χ0v) is 9.79. The number of carboxylic acids is 1. The second-order valence-electron chi connectivity index (χ2n) is 4.35. The van der Waals surface area contributed by atoms with E-state index in [0.717, 1.165) is 12.8 Å². The lowest BCUT2D eigenvalue weighted by Gasteiger charge is -2.10. The van der Waals surface area contributed by atoms with Crippen molar-refractivity contribution in [2.75, 3.05) is 0 Å². The number of aliphatic carboxylic acids is 1. The minimum Gasteiger partial charge on any atom is -0.479 e. The van der Waals surface area contributed by atoms with Crippen LogP contribution in [0.15, 0.2) is 11.6 Å². The first-order valence-electron chi connectivity index (χ1n) is 5.43. The fourth-order valence-electron chi connectivity index (χ4n) is 1.36. The predicted octanol–water partition coefficient (Wildman–Crippen LogP) is 3.57. The van der Waals surface area contributed by atoms with E-state index in [0.29, 0.717) is 12.3 Å². The van der Waals surface area contributed by atoms with Gasteiger partial charge in [-0.3, -0.25) is 0 Å². The predicted molar refractivity (Wildman–Crippen MR) is 59.6 cm³/mol. The van der Waals surface area contributed by atoms with Gasteiger partial charge in [-0.25, -0.2) is 9.18 Å². The van der Waals surface area contributed by atoms with Crippen molar-refractivity contribution in [3.8, 4) is 0 Å². The summed E-state index contributed by atoms with van der Waals surface area (Å²) in [5.74, 6) is -0.954. The van der Waals surface area contributed by atoms with E-state index in [1.165, 1.54) is 5.57 Å². The van der Waals surface area contributed by atoms with Gasteiger partial charge in [0.1, 0.15) is 0 Å². The van der Waals surface area contributed by atoms with Crippen molar-refractivity contribution in [1.29, 1.82) is 0 Å². The van der Waals surface area contributed by atoms with Gasteiger partial charge in [0.15, 0.2) is 6.17 Å². The van der Waals surface area contributed by atoms with Gasteiger partial charge in [-0.05, 0) is 45.4 Å². The van der Waals surface area contributed by atoms with E-state index in [-0.39, 0.29) is 6.42 Å². The third kappa shape index (κ3) is 8.16. The van der Waals surface area contributed by atoms with Crippen LogP contribution < -0.4 is 0 Å². The Hall–Kier alpha value is -0.860. The van der Waals surface area contributed by atoms with Gasteiger partial charge < -0.3 is 5.11 Å². The highest BCUT2D eigenvalue weighted by Gasteiger charge is 2.16. The maximum Gasteiger partial charge on any atom is 0.338 e. The maximum absolute atomic E-state index is 12.7. The van der Waals surface area contributed by atoms with Gasteiger partial charge in [0.05, 0.1) is 0 Å². The second-order valence-corrected chi connectivity index (χ2v) is 4.35. The summed E-state index contributed by atoms with van der Waals surface area (Å²) in [4.78, 5) is 10.2. The number of allylic oxidation sites excluding steroid dienone is 2. The third-order valence-corrected chi connectivity index (χ3v) is 2.39. The Balaban J connectivity index is 3.62. The van der Waals surface area contributed by atoms with Crippen LogP contribution in [0.4, 0.5) is 4.39 Å². The van der Waals surface area contributed by atoms with Crippen molar-refractivity contribution in [2.24, 2.45) is 5.92 Å². The van der Waals surface area contributed by atoms with Crippen molar-refractivity contribution in [3.05, 3.63) is 11.6 Å². The average molecular weight is 216 g/mol. The topological polar surface area (TPSA) is 37.3 Å². The fourth-order valence-corrected chi connectivity index (χ4v) is 1.36. The van der Waals surface area contributed by atoms with Gasteiger partial charge in [-0.15, -0.1) is 0 Å². The highest BCUT2D eigenvalue weighted by Crippen LogP contribution is 2.16. The van der Waals surface area contributed by atoms with Crippen LogP contribution in [0.1, 0.15) is 46.5 Å². The molecule has 0 heterocycles. The molecule has 0 rings (SSSR count). The van der Waals surface area contributed by atoms with Crippen molar-refractivity contribution in [3.63, 3.8) is 0 Å². The van der Waals surface area contributed by atoms with E-state index < -0.39 is 12.1 Å². The molecule has 0 spiro atoms. The Labute approximate surface area is 91.2 Å². The normalized spacial score (nSPS) is 14.4. The van der Waals surface area contributed by atoms with Crippen LogP contribution in [0.3, 0.4) is 0 Å². The largest absolute Gasteiger partial charge is 0.479 e. The quantitative estimate of drug-likeness (QED) is 0.660. The molecule has 2 atom stereocenters. The van der Waals surface area contributed by atoms with Crippen LogP contribution in [0.25, 0.3) is 0 Å². The minimum atomic E-state index is -1.70. The molecule has 88 valence electrons. The van der Waals surface area contributed by atoms with E-state index in [2.05, 4.69) is 6.08 Å². The molecule has 15 heavy (non-hydrogen) atoms. The molecule has 2 nitrogen and oxygen atoms in total. The Morgan fingerprint density at radius 3 is 2.40 bits per heavy atom. The second kappa shape index (κ2) is 7.43. The Morgan fingerprint density at radius 2 is 1.93 bits per heavy atom. The molecular weight excluding hydrogens is 195 g/mol. The molecule has 0 aliphatic heterocycles. The Kier molecular flexibility index (Phi) is 7.01. The molecule has 1 N–H and O–H groups in total. The molecule has 0 saturated carbocycles. The molecule has 0 radical (unpaired) electrons. The third-order valence-electron chi connectivity index (χ3n) is 2.39. The van der Waals surface area contributed by atoms with Gasteiger partial charge in [0.2, 0.25) is 0 Å². The van der Waals surface area contributed by atoms with Crippen LogP contribution in [0, 0.1) is 5.92 Å². The molecule has 0 fully saturated rings. The van der Waals surface area contributed by atoms with Crippen LogP contribution in [0.2, 0.25) is 0 Å². The van der Waals surface area contributed by atoms with Crippen molar-refractivity contribution >= 4 is 5.97 Å². The summed E-state index contributed by atoms with van der Waals surface area (Å²) in [5, 5.41) is 8.36. The standard InChI is InChI=1S/C12H21FO2/c1-9(2)5-4-6-10(3)7-8-11(13)12(14)15/h5,10-11H,4,6-8H2,1-3H3,(H,14,15). The van der Waals surface area contributed by atoms with E-state index in [4.69, 9.17) is 5.11 Å². The monoisotopic (exact) mass is 216 g/mol.